The van der Waals surface area contributed by atoms with Crippen LogP contribution in [-0.4, -0.2) is 17.6 Å². The van der Waals surface area contributed by atoms with Gasteiger partial charge in [0.2, 0.25) is 11.8 Å². The molecule has 2 bridgehead atoms. The minimum Gasteiger partial charge on any atom is -0.299 e. The molecule has 0 spiro atoms. The van der Waals surface area contributed by atoms with Crippen LogP contribution in [0.3, 0.4) is 0 Å². The summed E-state index contributed by atoms with van der Waals surface area (Å²) in [6, 6.07) is 16.8. The summed E-state index contributed by atoms with van der Waals surface area (Å²) in [5.41, 5.74) is 2.60. The second-order valence-electron chi connectivity index (χ2n) is 6.78. The average Bonchev–Trinajstić information content (AvgIpc) is 2.88. The smallest absolute Gasteiger partial charge is 0.238 e. The molecule has 2 aromatic carbocycles. The van der Waals surface area contributed by atoms with E-state index < -0.39 is 17.8 Å². The maximum atomic E-state index is 13.1. The number of nitrogens with zero attached hydrogens (tertiary/aromatic N) is 1. The number of benzene rings is 2. The topological polar surface area (TPSA) is 54.5 Å². The van der Waals surface area contributed by atoms with E-state index in [1.165, 1.54) is 4.90 Å². The van der Waals surface area contributed by atoms with Crippen LogP contribution in [0.4, 0.5) is 5.69 Å². The van der Waals surface area contributed by atoms with E-state index >= 15 is 0 Å². The van der Waals surface area contributed by atoms with Crippen LogP contribution in [-0.2, 0) is 14.4 Å². The SMILES string of the molecule is O=C1C[C@@H]2c3ccccc3[C@@H]1[C@H]1C(=O)N(c3ccccc3)C(=O)[C@@H]12. The fourth-order valence-corrected chi connectivity index (χ4v) is 4.79. The van der Waals surface area contributed by atoms with Gasteiger partial charge in [-0.25, -0.2) is 0 Å². The quantitative estimate of drug-likeness (QED) is 0.760. The predicted molar refractivity (Wildman–Crippen MR) is 87.5 cm³/mol. The molecule has 0 aromatic heterocycles. The molecule has 2 amide bonds. The van der Waals surface area contributed by atoms with Crippen LogP contribution in [0.15, 0.2) is 54.6 Å². The van der Waals surface area contributed by atoms with Crippen molar-refractivity contribution in [2.75, 3.05) is 4.90 Å². The Morgan fingerprint density at radius 1 is 0.750 bits per heavy atom. The van der Waals surface area contributed by atoms with Crippen LogP contribution in [0.5, 0.6) is 0 Å². The lowest BCUT2D eigenvalue weighted by atomic mass is 9.56. The monoisotopic (exact) mass is 317 g/mol. The minimum atomic E-state index is -0.543. The van der Waals surface area contributed by atoms with Crippen molar-refractivity contribution in [1.82, 2.24) is 0 Å². The third kappa shape index (κ3) is 1.55. The first-order valence-electron chi connectivity index (χ1n) is 8.23. The van der Waals surface area contributed by atoms with E-state index in [1.54, 1.807) is 12.1 Å². The Bertz CT molecular complexity index is 889. The molecule has 1 heterocycles. The molecule has 3 aliphatic carbocycles. The van der Waals surface area contributed by atoms with Crippen molar-refractivity contribution in [1.29, 1.82) is 0 Å². The molecule has 6 rings (SSSR count). The second-order valence-corrected chi connectivity index (χ2v) is 6.78. The van der Waals surface area contributed by atoms with Gasteiger partial charge >= 0.3 is 0 Å². The Kier molecular flexibility index (Phi) is 2.64. The largest absolute Gasteiger partial charge is 0.299 e. The molecule has 2 aromatic rings. The molecule has 0 N–H and O–H groups in total. The van der Waals surface area contributed by atoms with Crippen molar-refractivity contribution in [3.05, 3.63) is 65.7 Å². The van der Waals surface area contributed by atoms with Gasteiger partial charge in [-0.1, -0.05) is 42.5 Å². The highest BCUT2D eigenvalue weighted by Gasteiger charge is 2.62. The van der Waals surface area contributed by atoms with E-state index in [-0.39, 0.29) is 23.5 Å². The number of carbonyl (C=O) groups excluding carboxylic acids is 3. The number of ketones is 1. The van der Waals surface area contributed by atoms with Gasteiger partial charge in [0.05, 0.1) is 23.4 Å². The summed E-state index contributed by atoms with van der Waals surface area (Å²) < 4.78 is 0. The van der Waals surface area contributed by atoms with Crippen LogP contribution >= 0.6 is 0 Å². The molecule has 4 aliphatic rings. The summed E-state index contributed by atoms with van der Waals surface area (Å²) in [6.07, 6.45) is 0.366. The standard InChI is InChI=1S/C20H15NO3/c22-15-10-14-12-8-4-5-9-13(12)16(15)18-17(14)19(23)21(20(18)24)11-6-2-1-3-7-11/h1-9,14,16-18H,10H2/t14-,16+,17-,18-/m1/s1. The molecule has 4 heteroatoms. The lowest BCUT2D eigenvalue weighted by Crippen LogP contribution is -2.44. The van der Waals surface area contributed by atoms with Crippen LogP contribution in [0, 0.1) is 11.8 Å². The van der Waals surface area contributed by atoms with Gasteiger partial charge in [-0.2, -0.15) is 0 Å². The van der Waals surface area contributed by atoms with E-state index in [2.05, 4.69) is 0 Å². The summed E-state index contributed by atoms with van der Waals surface area (Å²) in [5.74, 6) is -1.89. The molecule has 4 nitrogen and oxygen atoms in total. The summed E-state index contributed by atoms with van der Waals surface area (Å²) in [7, 11) is 0. The van der Waals surface area contributed by atoms with E-state index in [0.29, 0.717) is 12.1 Å². The Labute approximate surface area is 139 Å². The van der Waals surface area contributed by atoms with Gasteiger partial charge in [0.1, 0.15) is 5.78 Å². The highest BCUT2D eigenvalue weighted by Crippen LogP contribution is 2.57. The van der Waals surface area contributed by atoms with Gasteiger partial charge < -0.3 is 0 Å². The van der Waals surface area contributed by atoms with E-state index in [4.69, 9.17) is 0 Å². The normalized spacial score (nSPS) is 30.5. The number of fused-ring (bicyclic) bond motifs is 1. The molecule has 1 saturated carbocycles. The first-order chi connectivity index (χ1) is 11.7. The highest BCUT2D eigenvalue weighted by molar-refractivity contribution is 6.24. The number of carbonyl (C=O) groups is 3. The summed E-state index contributed by atoms with van der Waals surface area (Å²) in [6.45, 7) is 0. The molecule has 1 aliphatic heterocycles. The Morgan fingerprint density at radius 3 is 2.12 bits per heavy atom. The summed E-state index contributed by atoms with van der Waals surface area (Å²) in [5, 5.41) is 0. The van der Waals surface area contributed by atoms with Gasteiger partial charge in [-0.3, -0.25) is 19.3 Å². The van der Waals surface area contributed by atoms with E-state index in [9.17, 15) is 14.4 Å². The van der Waals surface area contributed by atoms with Gasteiger partial charge in [-0.05, 0) is 23.3 Å². The molecular weight excluding hydrogens is 302 g/mol. The van der Waals surface area contributed by atoms with E-state index in [1.807, 2.05) is 42.5 Å². The molecule has 0 unspecified atom stereocenters. The van der Waals surface area contributed by atoms with Gasteiger partial charge in [-0.15, -0.1) is 0 Å². The fraction of sp³-hybridized carbons (Fsp3) is 0.250. The molecule has 24 heavy (non-hydrogen) atoms. The van der Waals surface area contributed by atoms with Crippen molar-refractivity contribution in [3.8, 4) is 0 Å². The molecule has 1 saturated heterocycles. The number of hydrogen-bond acceptors (Lipinski definition) is 3. The van der Waals surface area contributed by atoms with Gasteiger partial charge in [0.15, 0.2) is 0 Å². The van der Waals surface area contributed by atoms with Crippen LogP contribution in [0.1, 0.15) is 29.4 Å². The Balaban J connectivity index is 1.68. The lowest BCUT2D eigenvalue weighted by Gasteiger charge is -2.43. The first-order valence-corrected chi connectivity index (χ1v) is 8.23. The Morgan fingerprint density at radius 2 is 1.38 bits per heavy atom. The number of imide groups is 1. The minimum absolute atomic E-state index is 0.0935. The van der Waals surface area contributed by atoms with Crippen molar-refractivity contribution < 1.29 is 14.4 Å². The van der Waals surface area contributed by atoms with Crippen LogP contribution < -0.4 is 4.90 Å². The number of anilines is 1. The zero-order valence-corrected chi connectivity index (χ0v) is 12.9. The molecule has 118 valence electrons. The summed E-state index contributed by atoms with van der Waals surface area (Å²) in [4.78, 5) is 40.0. The molecular formula is C20H15NO3. The number of para-hydroxylation sites is 1. The highest BCUT2D eigenvalue weighted by atomic mass is 16.2. The zero-order valence-electron chi connectivity index (χ0n) is 12.9. The van der Waals surface area contributed by atoms with Gasteiger partial charge in [0, 0.05) is 12.3 Å². The van der Waals surface area contributed by atoms with Crippen LogP contribution in [0.2, 0.25) is 0 Å². The predicted octanol–water partition coefficient (Wildman–Crippen LogP) is 2.65. The lowest BCUT2D eigenvalue weighted by molar-refractivity contribution is -0.134. The third-order valence-electron chi connectivity index (χ3n) is 5.70. The zero-order chi connectivity index (χ0) is 16.4. The van der Waals surface area contributed by atoms with Crippen molar-refractivity contribution >= 4 is 23.3 Å². The third-order valence-corrected chi connectivity index (χ3v) is 5.70. The van der Waals surface area contributed by atoms with Gasteiger partial charge in [0.25, 0.3) is 0 Å². The van der Waals surface area contributed by atoms with E-state index in [0.717, 1.165) is 11.1 Å². The number of rotatable bonds is 1. The van der Waals surface area contributed by atoms with Crippen molar-refractivity contribution in [2.45, 2.75) is 18.3 Å². The molecule has 4 atom stereocenters. The fourth-order valence-electron chi connectivity index (χ4n) is 4.79. The number of Topliss-reactive ketones (excluding diaryl/α,β-unsaturated/α-hetero) is 1. The average molecular weight is 317 g/mol. The first kappa shape index (κ1) is 13.7. The maximum absolute atomic E-state index is 13.1. The van der Waals surface area contributed by atoms with Crippen molar-refractivity contribution in [3.63, 3.8) is 0 Å². The Hall–Kier alpha value is -2.75. The number of hydrogen-bond donors (Lipinski definition) is 0. The number of amides is 2. The summed E-state index contributed by atoms with van der Waals surface area (Å²) >= 11 is 0. The molecule has 0 radical (unpaired) electrons. The van der Waals surface area contributed by atoms with Crippen LogP contribution in [0.25, 0.3) is 0 Å². The van der Waals surface area contributed by atoms with Crippen molar-refractivity contribution in [2.24, 2.45) is 11.8 Å². The second kappa shape index (κ2) is 4.63. The maximum Gasteiger partial charge on any atom is 0.238 e. The molecule has 2 fully saturated rings.